The van der Waals surface area contributed by atoms with E-state index in [9.17, 15) is 4.79 Å². The fourth-order valence-corrected chi connectivity index (χ4v) is 5.40. The lowest BCUT2D eigenvalue weighted by Crippen LogP contribution is -2.50. The van der Waals surface area contributed by atoms with Crippen LogP contribution in [0.5, 0.6) is 5.75 Å². The first-order valence-corrected chi connectivity index (χ1v) is 13.1. The third-order valence-electron chi connectivity index (χ3n) is 7.57. The second-order valence-corrected chi connectivity index (χ2v) is 10.1. The average molecular weight is 501 g/mol. The molecule has 1 amide bonds. The van der Waals surface area contributed by atoms with Gasteiger partial charge in [-0.1, -0.05) is 17.3 Å². The van der Waals surface area contributed by atoms with E-state index in [4.69, 9.17) is 4.74 Å². The molecule has 3 aliphatic heterocycles. The molecule has 1 spiro atoms. The van der Waals surface area contributed by atoms with Crippen LogP contribution in [0.2, 0.25) is 0 Å². The minimum absolute atomic E-state index is 0.114. The summed E-state index contributed by atoms with van der Waals surface area (Å²) in [6, 6.07) is 10.0. The summed E-state index contributed by atoms with van der Waals surface area (Å²) in [5, 5.41) is 16.4. The molecule has 1 N–H and O–H groups in total. The van der Waals surface area contributed by atoms with Crippen LogP contribution in [0.15, 0.2) is 55.1 Å². The van der Waals surface area contributed by atoms with E-state index in [0.29, 0.717) is 19.6 Å². The number of aromatic nitrogens is 6. The monoisotopic (exact) mass is 500 g/mol. The van der Waals surface area contributed by atoms with Gasteiger partial charge >= 0.3 is 0 Å². The Morgan fingerprint density at radius 2 is 1.97 bits per heavy atom. The Kier molecular flexibility index (Phi) is 6.57. The molecule has 4 bridgehead atoms. The lowest BCUT2D eigenvalue weighted by molar-refractivity contribution is -0.134. The van der Waals surface area contributed by atoms with Gasteiger partial charge in [0.2, 0.25) is 5.91 Å². The maximum absolute atomic E-state index is 13.7. The van der Waals surface area contributed by atoms with Gasteiger partial charge in [0.05, 0.1) is 23.9 Å². The van der Waals surface area contributed by atoms with Gasteiger partial charge in [-0.05, 0) is 56.1 Å². The Hall–Kier alpha value is -3.79. The summed E-state index contributed by atoms with van der Waals surface area (Å²) in [6.45, 7) is 4.37. The van der Waals surface area contributed by atoms with E-state index in [0.717, 1.165) is 74.5 Å². The summed E-state index contributed by atoms with van der Waals surface area (Å²) < 4.78 is 9.53. The predicted octanol–water partition coefficient (Wildman–Crippen LogP) is 2.29. The van der Waals surface area contributed by atoms with Gasteiger partial charge in [0, 0.05) is 56.6 Å². The number of fused-ring (bicyclic) bond motifs is 9. The Balaban J connectivity index is 1.18. The van der Waals surface area contributed by atoms with Crippen molar-refractivity contribution in [1.82, 2.24) is 39.8 Å². The predicted molar refractivity (Wildman–Crippen MR) is 137 cm³/mol. The minimum Gasteiger partial charge on any atom is -0.494 e. The van der Waals surface area contributed by atoms with E-state index < -0.39 is 5.41 Å². The average Bonchev–Trinajstić information content (AvgIpc) is 3.55. The van der Waals surface area contributed by atoms with Crippen LogP contribution >= 0.6 is 0 Å². The summed E-state index contributed by atoms with van der Waals surface area (Å²) in [6.07, 6.45) is 11.3. The zero-order valence-corrected chi connectivity index (χ0v) is 20.9. The van der Waals surface area contributed by atoms with Crippen LogP contribution in [-0.2, 0) is 30.7 Å². The minimum atomic E-state index is -0.502. The number of carbonyl (C=O) groups is 1. The van der Waals surface area contributed by atoms with Gasteiger partial charge in [0.15, 0.2) is 5.65 Å². The highest BCUT2D eigenvalue weighted by Gasteiger charge is 2.42. The fraction of sp³-hybridized carbons (Fsp3) is 0.444. The third kappa shape index (κ3) is 5.20. The molecular formula is C27H32N8O2. The Morgan fingerprint density at radius 3 is 2.84 bits per heavy atom. The van der Waals surface area contributed by atoms with E-state index in [-0.39, 0.29) is 5.91 Å². The maximum Gasteiger partial charge on any atom is 0.226 e. The number of carbonyl (C=O) groups excluding carboxylic acids is 1. The van der Waals surface area contributed by atoms with Crippen molar-refractivity contribution in [1.29, 1.82) is 0 Å². The summed E-state index contributed by atoms with van der Waals surface area (Å²) in [5.41, 5.74) is 3.54. The van der Waals surface area contributed by atoms with E-state index in [2.05, 4.69) is 42.7 Å². The number of likely N-dealkylation sites (tertiary alicyclic amines) is 1. The lowest BCUT2D eigenvalue weighted by atomic mass is 9.74. The second-order valence-electron chi connectivity index (χ2n) is 10.1. The standard InChI is InChI=1S/C27H32N8O2/c36-26-27(8-14-33(15-9-27)19-22-18-30-35-13-1-10-28-25(22)35)17-23-20-34(32-31-23)12-2-16-37-24-5-3-21(4-6-24)7-11-29-26/h1,3-6,10,13,18,20H,2,7-9,11-12,14-17,19H2,(H,29,36). The molecule has 0 saturated carbocycles. The van der Waals surface area contributed by atoms with Gasteiger partial charge in [-0.3, -0.25) is 14.4 Å². The molecule has 3 aliphatic rings. The van der Waals surface area contributed by atoms with Gasteiger partial charge in [0.1, 0.15) is 5.75 Å². The van der Waals surface area contributed by atoms with Crippen molar-refractivity contribution >= 4 is 11.6 Å². The molecule has 192 valence electrons. The van der Waals surface area contributed by atoms with Crippen molar-refractivity contribution < 1.29 is 9.53 Å². The molecule has 0 radical (unpaired) electrons. The third-order valence-corrected chi connectivity index (χ3v) is 7.57. The summed E-state index contributed by atoms with van der Waals surface area (Å²) >= 11 is 0. The van der Waals surface area contributed by atoms with Crippen LogP contribution in [0, 0.1) is 5.41 Å². The number of piperidine rings is 1. The van der Waals surface area contributed by atoms with Crippen LogP contribution in [0.3, 0.4) is 0 Å². The zero-order chi connectivity index (χ0) is 25.1. The molecule has 0 atom stereocenters. The largest absolute Gasteiger partial charge is 0.494 e. The van der Waals surface area contributed by atoms with E-state index in [1.807, 2.05) is 41.5 Å². The second kappa shape index (κ2) is 10.3. The van der Waals surface area contributed by atoms with Crippen molar-refractivity contribution in [2.75, 3.05) is 26.2 Å². The van der Waals surface area contributed by atoms with Crippen LogP contribution in [0.1, 0.15) is 36.1 Å². The Bertz CT molecular complexity index is 1350. The maximum atomic E-state index is 13.7. The topological polar surface area (TPSA) is 102 Å². The van der Waals surface area contributed by atoms with Crippen molar-refractivity contribution in [3.05, 3.63) is 71.9 Å². The van der Waals surface area contributed by atoms with Crippen LogP contribution in [-0.4, -0.2) is 66.6 Å². The van der Waals surface area contributed by atoms with E-state index in [1.54, 1.807) is 10.7 Å². The normalized spacial score (nSPS) is 19.0. The first-order valence-electron chi connectivity index (χ1n) is 13.1. The smallest absolute Gasteiger partial charge is 0.226 e. The Morgan fingerprint density at radius 1 is 1.11 bits per heavy atom. The number of hydrogen-bond acceptors (Lipinski definition) is 7. The lowest BCUT2D eigenvalue weighted by Gasteiger charge is -2.40. The number of amides is 1. The molecule has 7 rings (SSSR count). The quantitative estimate of drug-likeness (QED) is 0.451. The molecule has 4 aromatic rings. The first kappa shape index (κ1) is 23.6. The van der Waals surface area contributed by atoms with Crippen molar-refractivity contribution in [2.24, 2.45) is 5.41 Å². The van der Waals surface area contributed by atoms with Gasteiger partial charge in [-0.2, -0.15) is 5.10 Å². The molecule has 0 unspecified atom stereocenters. The molecule has 1 saturated heterocycles. The number of nitrogens with one attached hydrogen (secondary N) is 1. The number of nitrogens with zero attached hydrogens (tertiary/aromatic N) is 7. The van der Waals surface area contributed by atoms with Gasteiger partial charge < -0.3 is 10.1 Å². The van der Waals surface area contributed by atoms with Crippen molar-refractivity contribution in [2.45, 2.75) is 45.2 Å². The van der Waals surface area contributed by atoms with Gasteiger partial charge in [0.25, 0.3) is 0 Å². The highest BCUT2D eigenvalue weighted by atomic mass is 16.5. The zero-order valence-electron chi connectivity index (χ0n) is 20.9. The van der Waals surface area contributed by atoms with Crippen LogP contribution < -0.4 is 10.1 Å². The number of aryl methyl sites for hydroxylation is 1. The Labute approximate surface area is 215 Å². The molecule has 1 fully saturated rings. The van der Waals surface area contributed by atoms with Gasteiger partial charge in [-0.25, -0.2) is 9.50 Å². The van der Waals surface area contributed by atoms with Crippen LogP contribution in [0.4, 0.5) is 0 Å². The molecule has 10 nitrogen and oxygen atoms in total. The van der Waals surface area contributed by atoms with Gasteiger partial charge in [-0.15, -0.1) is 5.10 Å². The van der Waals surface area contributed by atoms with E-state index >= 15 is 0 Å². The number of rotatable bonds is 2. The van der Waals surface area contributed by atoms with Crippen molar-refractivity contribution in [3.63, 3.8) is 0 Å². The molecule has 0 aliphatic carbocycles. The summed E-state index contributed by atoms with van der Waals surface area (Å²) in [7, 11) is 0. The SMILES string of the molecule is O=C1NCCc2ccc(cc2)OCCCn2cc(nn2)CC12CCN(Cc1cnn3cccnc13)CC2. The molecular weight excluding hydrogens is 468 g/mol. The number of ether oxygens (including phenoxy) is 1. The molecule has 10 heteroatoms. The van der Waals surface area contributed by atoms with E-state index in [1.165, 1.54) is 5.56 Å². The highest BCUT2D eigenvalue weighted by molar-refractivity contribution is 5.83. The van der Waals surface area contributed by atoms with Crippen molar-refractivity contribution in [3.8, 4) is 5.75 Å². The molecule has 6 heterocycles. The summed E-state index contributed by atoms with van der Waals surface area (Å²) in [4.78, 5) is 20.6. The number of benzene rings is 1. The molecule has 1 aromatic carbocycles. The highest BCUT2D eigenvalue weighted by Crippen LogP contribution is 2.36. The summed E-state index contributed by atoms with van der Waals surface area (Å²) in [5.74, 6) is 0.977. The fourth-order valence-electron chi connectivity index (χ4n) is 5.40. The molecule has 3 aromatic heterocycles. The number of hydrogen-bond donors (Lipinski definition) is 1. The molecule has 37 heavy (non-hydrogen) atoms. The first-order chi connectivity index (χ1) is 18.2. The van der Waals surface area contributed by atoms with Crippen LogP contribution in [0.25, 0.3) is 5.65 Å².